The van der Waals surface area contributed by atoms with Gasteiger partial charge in [-0.1, -0.05) is 5.16 Å². The van der Waals surface area contributed by atoms with Gasteiger partial charge in [0.2, 0.25) is 10.0 Å². The van der Waals surface area contributed by atoms with Crippen LogP contribution in [0.25, 0.3) is 0 Å². The van der Waals surface area contributed by atoms with Gasteiger partial charge in [0.1, 0.15) is 0 Å². The second kappa shape index (κ2) is 6.47. The Balaban J connectivity index is 2.18. The van der Waals surface area contributed by atoms with E-state index in [2.05, 4.69) is 14.8 Å². The van der Waals surface area contributed by atoms with Crippen molar-refractivity contribution in [1.29, 1.82) is 0 Å². The molecular weight excluding hydrogens is 296 g/mol. The van der Waals surface area contributed by atoms with E-state index in [1.54, 1.807) is 0 Å². The van der Waals surface area contributed by atoms with Crippen molar-refractivity contribution in [3.8, 4) is 0 Å². The lowest BCUT2D eigenvalue weighted by molar-refractivity contribution is 0.0978. The van der Waals surface area contributed by atoms with Crippen LogP contribution in [-0.2, 0) is 14.8 Å². The maximum absolute atomic E-state index is 12.6. The molecule has 4 N–H and O–H groups in total. The Morgan fingerprint density at radius 2 is 1.95 bits per heavy atom. The minimum absolute atomic E-state index is 0.0637. The third-order valence-corrected chi connectivity index (χ3v) is 6.41. The first-order valence-electron chi connectivity index (χ1n) is 7.17. The molecule has 0 aromatic carbocycles. The van der Waals surface area contributed by atoms with E-state index in [0.29, 0.717) is 52.0 Å². The van der Waals surface area contributed by atoms with E-state index in [-0.39, 0.29) is 5.84 Å². The van der Waals surface area contributed by atoms with Gasteiger partial charge in [0.15, 0.2) is 5.84 Å². The highest BCUT2D eigenvalue weighted by Gasteiger charge is 2.43. The van der Waals surface area contributed by atoms with Gasteiger partial charge in [-0.15, -0.1) is 0 Å². The second-order valence-electron chi connectivity index (χ2n) is 5.83. The Bertz CT molecular complexity index is 479. The molecule has 0 radical (unpaired) electrons. The molecular formula is C12H24N4O4S. The Labute approximate surface area is 125 Å². The lowest BCUT2D eigenvalue weighted by Gasteiger charge is -2.40. The third-order valence-electron chi connectivity index (χ3n) is 4.38. The number of rotatable bonds is 4. The average Bonchev–Trinajstić information content (AvgIpc) is 2.49. The quantitative estimate of drug-likeness (QED) is 0.273. The zero-order valence-corrected chi connectivity index (χ0v) is 13.1. The fraction of sp³-hybridized carbons (Fsp3) is 0.917. The zero-order chi connectivity index (χ0) is 15.5. The van der Waals surface area contributed by atoms with Crippen molar-refractivity contribution in [3.05, 3.63) is 0 Å². The van der Waals surface area contributed by atoms with Gasteiger partial charge in [-0.25, -0.2) is 13.1 Å². The van der Waals surface area contributed by atoms with Crippen molar-refractivity contribution < 1.29 is 18.4 Å². The van der Waals surface area contributed by atoms with Gasteiger partial charge < -0.3 is 20.6 Å². The lowest BCUT2D eigenvalue weighted by atomic mass is 9.88. The summed E-state index contributed by atoms with van der Waals surface area (Å²) in [6, 6.07) is 0. The van der Waals surface area contributed by atoms with Gasteiger partial charge in [0.05, 0.1) is 10.8 Å². The van der Waals surface area contributed by atoms with Crippen LogP contribution in [0.2, 0.25) is 0 Å². The van der Waals surface area contributed by atoms with Crippen LogP contribution in [0.3, 0.4) is 0 Å². The zero-order valence-electron chi connectivity index (χ0n) is 12.3. The molecule has 2 rings (SSSR count). The summed E-state index contributed by atoms with van der Waals surface area (Å²) in [5.74, 6) is -0.0637. The minimum Gasteiger partial charge on any atom is -0.409 e. The summed E-state index contributed by atoms with van der Waals surface area (Å²) in [5, 5.41) is 11.6. The van der Waals surface area contributed by atoms with Crippen molar-refractivity contribution in [2.75, 3.05) is 33.4 Å². The monoisotopic (exact) mass is 320 g/mol. The number of piperidine rings is 1. The molecule has 0 saturated carbocycles. The molecule has 2 aliphatic heterocycles. The standard InChI is InChI=1S/C12H24N4O4S/c1-16-6-4-12(5-7-16,11(13)14-17)15-21(18,19)10-2-8-20-9-3-10/h10,15,17H,2-9H2,1H3,(H2,13,14). The highest BCUT2D eigenvalue weighted by atomic mass is 32.2. The maximum Gasteiger partial charge on any atom is 0.215 e. The van der Waals surface area contributed by atoms with Crippen LogP contribution in [0.5, 0.6) is 0 Å². The molecule has 2 heterocycles. The molecule has 2 fully saturated rings. The van der Waals surface area contributed by atoms with Crippen LogP contribution in [0.15, 0.2) is 5.16 Å². The fourth-order valence-corrected chi connectivity index (χ4v) is 4.68. The van der Waals surface area contributed by atoms with Crippen molar-refractivity contribution in [3.63, 3.8) is 0 Å². The summed E-state index contributed by atoms with van der Waals surface area (Å²) < 4.78 is 33.1. The lowest BCUT2D eigenvalue weighted by Crippen LogP contribution is -2.63. The summed E-state index contributed by atoms with van der Waals surface area (Å²) in [5.41, 5.74) is 4.81. The van der Waals surface area contributed by atoms with E-state index in [9.17, 15) is 8.42 Å². The summed E-state index contributed by atoms with van der Waals surface area (Å²) in [6.45, 7) is 2.27. The predicted molar refractivity (Wildman–Crippen MR) is 78.8 cm³/mol. The van der Waals surface area contributed by atoms with Crippen LogP contribution in [0.1, 0.15) is 25.7 Å². The number of nitrogens with two attached hydrogens (primary N) is 1. The molecule has 9 heteroatoms. The molecule has 0 aliphatic carbocycles. The third kappa shape index (κ3) is 3.65. The Morgan fingerprint density at radius 3 is 2.48 bits per heavy atom. The van der Waals surface area contributed by atoms with Crippen molar-refractivity contribution in [2.45, 2.75) is 36.5 Å². The molecule has 0 aromatic rings. The van der Waals surface area contributed by atoms with E-state index in [1.165, 1.54) is 0 Å². The van der Waals surface area contributed by atoms with Gasteiger partial charge in [0, 0.05) is 26.3 Å². The topological polar surface area (TPSA) is 117 Å². The molecule has 21 heavy (non-hydrogen) atoms. The Kier molecular flexibility index (Phi) is 5.07. The highest BCUT2D eigenvalue weighted by molar-refractivity contribution is 7.90. The van der Waals surface area contributed by atoms with Crippen molar-refractivity contribution in [1.82, 2.24) is 9.62 Å². The van der Waals surface area contributed by atoms with E-state index < -0.39 is 20.8 Å². The smallest absolute Gasteiger partial charge is 0.215 e. The molecule has 0 aromatic heterocycles. The molecule has 2 aliphatic rings. The van der Waals surface area contributed by atoms with Crippen molar-refractivity contribution in [2.24, 2.45) is 10.9 Å². The Hall–Kier alpha value is -0.900. The number of likely N-dealkylation sites (tertiary alicyclic amines) is 1. The fourth-order valence-electron chi connectivity index (χ4n) is 2.85. The summed E-state index contributed by atoms with van der Waals surface area (Å²) in [6.07, 6.45) is 1.92. The average molecular weight is 320 g/mol. The van der Waals surface area contributed by atoms with Gasteiger partial charge in [-0.05, 0) is 32.7 Å². The highest BCUT2D eigenvalue weighted by Crippen LogP contribution is 2.25. The number of oxime groups is 1. The van der Waals surface area contributed by atoms with Gasteiger partial charge >= 0.3 is 0 Å². The largest absolute Gasteiger partial charge is 0.409 e. The summed E-state index contributed by atoms with van der Waals surface area (Å²) >= 11 is 0. The number of hydrogen-bond acceptors (Lipinski definition) is 6. The molecule has 0 atom stereocenters. The minimum atomic E-state index is -3.53. The summed E-state index contributed by atoms with van der Waals surface area (Å²) in [7, 11) is -1.57. The molecule has 0 unspecified atom stereocenters. The van der Waals surface area contributed by atoms with Crippen LogP contribution in [-0.4, -0.2) is 68.5 Å². The van der Waals surface area contributed by atoms with Crippen LogP contribution < -0.4 is 10.5 Å². The van der Waals surface area contributed by atoms with E-state index in [4.69, 9.17) is 15.7 Å². The van der Waals surface area contributed by atoms with Crippen LogP contribution >= 0.6 is 0 Å². The second-order valence-corrected chi connectivity index (χ2v) is 7.79. The maximum atomic E-state index is 12.6. The molecule has 122 valence electrons. The number of nitrogens with zero attached hydrogens (tertiary/aromatic N) is 2. The normalized spacial score (nSPS) is 25.9. The Morgan fingerprint density at radius 1 is 1.38 bits per heavy atom. The number of ether oxygens (including phenoxy) is 1. The van der Waals surface area contributed by atoms with E-state index >= 15 is 0 Å². The molecule has 2 saturated heterocycles. The van der Waals surface area contributed by atoms with Crippen molar-refractivity contribution >= 4 is 15.9 Å². The molecule has 8 nitrogen and oxygen atoms in total. The first-order chi connectivity index (χ1) is 9.89. The molecule has 0 spiro atoms. The molecule has 0 amide bonds. The number of sulfonamides is 1. The number of hydrogen-bond donors (Lipinski definition) is 3. The van der Waals surface area contributed by atoms with Crippen LogP contribution in [0, 0.1) is 0 Å². The first kappa shape index (κ1) is 16.5. The van der Waals surface area contributed by atoms with E-state index in [1.807, 2.05) is 7.05 Å². The SMILES string of the molecule is CN1CCC(NS(=O)(=O)C2CCOCC2)(C(N)=NO)CC1. The number of nitrogens with one attached hydrogen (secondary N) is 1. The summed E-state index contributed by atoms with van der Waals surface area (Å²) in [4.78, 5) is 2.09. The van der Waals surface area contributed by atoms with E-state index in [0.717, 1.165) is 0 Å². The number of amidine groups is 1. The molecule has 0 bridgehead atoms. The first-order valence-corrected chi connectivity index (χ1v) is 8.71. The van der Waals surface area contributed by atoms with Gasteiger partial charge in [-0.3, -0.25) is 0 Å². The predicted octanol–water partition coefficient (Wildman–Crippen LogP) is -0.704. The van der Waals surface area contributed by atoms with Crippen LogP contribution in [0.4, 0.5) is 0 Å². The van der Waals surface area contributed by atoms with Gasteiger partial charge in [-0.2, -0.15) is 0 Å². The van der Waals surface area contributed by atoms with Gasteiger partial charge in [0.25, 0.3) is 0 Å².